The molecule has 100 valence electrons. The molecule has 0 saturated heterocycles. The monoisotopic (exact) mass is 255 g/mol. The molecule has 2 atom stereocenters. The van der Waals surface area contributed by atoms with Gasteiger partial charge in [0.2, 0.25) is 0 Å². The van der Waals surface area contributed by atoms with E-state index in [2.05, 4.69) is 4.74 Å². The molecule has 0 aromatic carbocycles. The second-order valence-corrected chi connectivity index (χ2v) is 3.59. The highest BCUT2D eigenvalue weighted by Gasteiger charge is 2.41. The molecular weight excluding hydrogens is 239 g/mol. The van der Waals surface area contributed by atoms with Crippen molar-refractivity contribution in [3.63, 3.8) is 0 Å². The number of nitrogens with one attached hydrogen (secondary N) is 1. The Kier molecular flexibility index (Phi) is 5.98. The van der Waals surface area contributed by atoms with Gasteiger partial charge in [-0.3, -0.25) is 4.79 Å². The summed E-state index contributed by atoms with van der Waals surface area (Å²) in [5.74, 6) is -3.41. The highest BCUT2D eigenvalue weighted by atomic mass is 19.4. The lowest BCUT2D eigenvalue weighted by Crippen LogP contribution is -2.50. The van der Waals surface area contributed by atoms with Crippen molar-refractivity contribution in [2.24, 2.45) is 5.92 Å². The van der Waals surface area contributed by atoms with E-state index in [1.54, 1.807) is 19.2 Å². The molecule has 0 rings (SSSR count). The van der Waals surface area contributed by atoms with Crippen molar-refractivity contribution in [1.82, 2.24) is 5.32 Å². The highest BCUT2D eigenvalue weighted by Crippen LogP contribution is 2.17. The third kappa shape index (κ3) is 5.06. The van der Waals surface area contributed by atoms with Gasteiger partial charge < -0.3 is 10.1 Å². The number of rotatable bonds is 5. The van der Waals surface area contributed by atoms with Gasteiger partial charge in [0.25, 0.3) is 0 Å². The third-order valence-corrected chi connectivity index (χ3v) is 2.30. The molecule has 2 unspecified atom stereocenters. The van der Waals surface area contributed by atoms with Crippen molar-refractivity contribution in [3.05, 3.63) is 0 Å². The fourth-order valence-electron chi connectivity index (χ4n) is 1.12. The smallest absolute Gasteiger partial charge is 0.464 e. The Morgan fingerprint density at radius 2 is 1.82 bits per heavy atom. The number of carbonyl (C=O) groups excluding carboxylic acids is 2. The van der Waals surface area contributed by atoms with Crippen LogP contribution in [0.5, 0.6) is 0 Å². The number of halogens is 3. The van der Waals surface area contributed by atoms with Gasteiger partial charge in [-0.05, 0) is 12.8 Å². The topological polar surface area (TPSA) is 55.4 Å². The molecule has 0 heterocycles. The molecular formula is C10H16F3NO3. The van der Waals surface area contributed by atoms with Crippen LogP contribution in [-0.2, 0) is 14.3 Å². The molecule has 7 heteroatoms. The van der Waals surface area contributed by atoms with Gasteiger partial charge in [-0.15, -0.1) is 0 Å². The normalized spacial score (nSPS) is 14.9. The highest BCUT2D eigenvalue weighted by molar-refractivity contribution is 5.87. The molecule has 0 aliphatic rings. The maximum absolute atomic E-state index is 12.1. The number of ether oxygens (including phenoxy) is 1. The summed E-state index contributed by atoms with van der Waals surface area (Å²) in [6.45, 7) is 4.86. The molecule has 0 aliphatic heterocycles. The Morgan fingerprint density at radius 3 is 2.18 bits per heavy atom. The molecule has 0 spiro atoms. The zero-order valence-electron chi connectivity index (χ0n) is 9.93. The van der Waals surface area contributed by atoms with E-state index in [-0.39, 0.29) is 6.61 Å². The van der Waals surface area contributed by atoms with Crippen LogP contribution in [0.1, 0.15) is 27.2 Å². The predicted octanol–water partition coefficient (Wildman–Crippen LogP) is 1.64. The van der Waals surface area contributed by atoms with Crippen molar-refractivity contribution < 1.29 is 27.5 Å². The Bertz CT molecular complexity index is 278. The van der Waals surface area contributed by atoms with Crippen molar-refractivity contribution in [2.45, 2.75) is 39.4 Å². The molecule has 0 radical (unpaired) electrons. The summed E-state index contributed by atoms with van der Waals surface area (Å²) in [5, 5.41) is 1.65. The van der Waals surface area contributed by atoms with E-state index in [4.69, 9.17) is 0 Å². The summed E-state index contributed by atoms with van der Waals surface area (Å²) in [6.07, 6.45) is -4.56. The van der Waals surface area contributed by atoms with Gasteiger partial charge in [-0.25, -0.2) is 4.79 Å². The SMILES string of the molecule is CCOC(=O)C(NC(=O)C(F)(F)F)C(C)CC. The van der Waals surface area contributed by atoms with Crippen molar-refractivity contribution in [1.29, 1.82) is 0 Å². The number of carbonyl (C=O) groups is 2. The van der Waals surface area contributed by atoms with E-state index in [9.17, 15) is 22.8 Å². The van der Waals surface area contributed by atoms with Crippen molar-refractivity contribution in [3.8, 4) is 0 Å². The van der Waals surface area contributed by atoms with Gasteiger partial charge in [-0.1, -0.05) is 20.3 Å². The fraction of sp³-hybridized carbons (Fsp3) is 0.800. The van der Waals surface area contributed by atoms with Crippen LogP contribution >= 0.6 is 0 Å². The summed E-state index contributed by atoms with van der Waals surface area (Å²) in [5.41, 5.74) is 0. The minimum atomic E-state index is -5.00. The zero-order valence-corrected chi connectivity index (χ0v) is 9.93. The molecule has 0 aromatic rings. The number of hydrogen-bond acceptors (Lipinski definition) is 3. The first-order chi connectivity index (χ1) is 7.73. The Hall–Kier alpha value is -1.27. The molecule has 1 N–H and O–H groups in total. The lowest BCUT2D eigenvalue weighted by atomic mass is 9.99. The van der Waals surface area contributed by atoms with E-state index in [1.807, 2.05) is 0 Å². The first-order valence-electron chi connectivity index (χ1n) is 5.28. The summed E-state index contributed by atoms with van der Waals surface area (Å²) < 4.78 is 40.8. The number of esters is 1. The van der Waals surface area contributed by atoms with Gasteiger partial charge in [-0.2, -0.15) is 13.2 Å². The molecule has 1 amide bonds. The van der Waals surface area contributed by atoms with Crippen LogP contribution in [0.3, 0.4) is 0 Å². The summed E-state index contributed by atoms with van der Waals surface area (Å²) in [7, 11) is 0. The van der Waals surface area contributed by atoms with Crippen LogP contribution in [0.25, 0.3) is 0 Å². The molecule has 0 saturated carbocycles. The van der Waals surface area contributed by atoms with E-state index in [1.165, 1.54) is 6.92 Å². The first-order valence-corrected chi connectivity index (χ1v) is 5.28. The van der Waals surface area contributed by atoms with E-state index >= 15 is 0 Å². The average Bonchev–Trinajstić information content (AvgIpc) is 2.23. The number of alkyl halides is 3. The molecule has 17 heavy (non-hydrogen) atoms. The summed E-state index contributed by atoms with van der Waals surface area (Å²) >= 11 is 0. The first kappa shape index (κ1) is 15.7. The van der Waals surface area contributed by atoms with Crippen molar-refractivity contribution in [2.75, 3.05) is 6.61 Å². The summed E-state index contributed by atoms with van der Waals surface area (Å²) in [6, 6.07) is -1.27. The Labute approximate surface area is 97.5 Å². The maximum Gasteiger partial charge on any atom is 0.471 e. The second-order valence-electron chi connectivity index (χ2n) is 3.59. The van der Waals surface area contributed by atoms with Crippen LogP contribution in [0.4, 0.5) is 13.2 Å². The van der Waals surface area contributed by atoms with Gasteiger partial charge in [0, 0.05) is 0 Å². The molecule has 0 aliphatic carbocycles. The standard InChI is InChI=1S/C10H16F3NO3/c1-4-6(3)7(8(15)17-5-2)14-9(16)10(11,12)13/h6-7H,4-5H2,1-3H3,(H,14,16). The lowest BCUT2D eigenvalue weighted by molar-refractivity contribution is -0.176. The fourth-order valence-corrected chi connectivity index (χ4v) is 1.12. The predicted molar refractivity (Wildman–Crippen MR) is 54.1 cm³/mol. The van der Waals surface area contributed by atoms with Gasteiger partial charge >= 0.3 is 18.1 Å². The lowest BCUT2D eigenvalue weighted by Gasteiger charge is -2.22. The minimum Gasteiger partial charge on any atom is -0.464 e. The Morgan fingerprint density at radius 1 is 1.29 bits per heavy atom. The summed E-state index contributed by atoms with van der Waals surface area (Å²) in [4.78, 5) is 22.2. The van der Waals surface area contributed by atoms with Crippen LogP contribution < -0.4 is 5.32 Å². The van der Waals surface area contributed by atoms with Crippen molar-refractivity contribution >= 4 is 11.9 Å². The van der Waals surface area contributed by atoms with E-state index < -0.39 is 30.0 Å². The molecule has 0 bridgehead atoms. The number of hydrogen-bond donors (Lipinski definition) is 1. The second kappa shape index (κ2) is 6.46. The van der Waals surface area contributed by atoms with Crippen LogP contribution in [-0.4, -0.2) is 30.7 Å². The largest absolute Gasteiger partial charge is 0.471 e. The Balaban J connectivity index is 4.72. The molecule has 0 fully saturated rings. The molecule has 0 aromatic heterocycles. The van der Waals surface area contributed by atoms with Crippen LogP contribution in [0.15, 0.2) is 0 Å². The van der Waals surface area contributed by atoms with Gasteiger partial charge in [0.15, 0.2) is 0 Å². The van der Waals surface area contributed by atoms with Crippen LogP contribution in [0.2, 0.25) is 0 Å². The zero-order chi connectivity index (χ0) is 13.6. The quantitative estimate of drug-likeness (QED) is 0.760. The van der Waals surface area contributed by atoms with Crippen LogP contribution in [0, 0.1) is 5.92 Å². The van der Waals surface area contributed by atoms with Gasteiger partial charge in [0.1, 0.15) is 6.04 Å². The average molecular weight is 255 g/mol. The minimum absolute atomic E-state index is 0.0493. The molecule has 4 nitrogen and oxygen atoms in total. The third-order valence-electron chi connectivity index (χ3n) is 2.30. The number of amides is 1. The van der Waals surface area contributed by atoms with E-state index in [0.717, 1.165) is 0 Å². The van der Waals surface area contributed by atoms with E-state index in [0.29, 0.717) is 6.42 Å². The maximum atomic E-state index is 12.1. The van der Waals surface area contributed by atoms with Gasteiger partial charge in [0.05, 0.1) is 6.61 Å².